The molecule has 1 N–H and O–H groups in total. The summed E-state index contributed by atoms with van der Waals surface area (Å²) in [6.07, 6.45) is -3.19. The molecule has 0 atom stereocenters. The summed E-state index contributed by atoms with van der Waals surface area (Å²) in [5, 5.41) is 3.12. The molecule has 1 aromatic rings. The van der Waals surface area contributed by atoms with E-state index in [1.54, 1.807) is 0 Å². The molecule has 0 unspecified atom stereocenters. The maximum Gasteiger partial charge on any atom is 0.396 e. The molecule has 2 aliphatic rings. The lowest BCUT2D eigenvalue weighted by molar-refractivity contribution is -0.128. The van der Waals surface area contributed by atoms with Crippen molar-refractivity contribution in [1.29, 1.82) is 0 Å². The number of aromatic nitrogens is 2. The zero-order chi connectivity index (χ0) is 12.0. The number of hydrogen-bond acceptors (Lipinski definition) is 3. The van der Waals surface area contributed by atoms with Gasteiger partial charge in [0.1, 0.15) is 12.2 Å². The van der Waals surface area contributed by atoms with Gasteiger partial charge in [-0.1, -0.05) is 0 Å². The van der Waals surface area contributed by atoms with Crippen LogP contribution in [0.15, 0.2) is 0 Å². The normalized spacial score (nSPS) is 19.5. The first-order valence-corrected chi connectivity index (χ1v) is 5.69. The SMILES string of the molecule is FC(F)(F)Cc1nc2c(c(C3CC3)n1)CNC2. The topological polar surface area (TPSA) is 37.8 Å². The van der Waals surface area contributed by atoms with E-state index in [4.69, 9.17) is 0 Å². The van der Waals surface area contributed by atoms with Crippen LogP contribution in [-0.4, -0.2) is 16.1 Å². The molecule has 92 valence electrons. The van der Waals surface area contributed by atoms with E-state index >= 15 is 0 Å². The number of nitrogens with zero attached hydrogens (tertiary/aromatic N) is 2. The average molecular weight is 243 g/mol. The van der Waals surface area contributed by atoms with E-state index in [2.05, 4.69) is 15.3 Å². The predicted molar refractivity (Wildman–Crippen MR) is 54.3 cm³/mol. The summed E-state index contributed by atoms with van der Waals surface area (Å²) in [4.78, 5) is 8.14. The Morgan fingerprint density at radius 3 is 2.59 bits per heavy atom. The molecular weight excluding hydrogens is 231 g/mol. The van der Waals surface area contributed by atoms with Crippen LogP contribution < -0.4 is 5.32 Å². The summed E-state index contributed by atoms with van der Waals surface area (Å²) in [5.41, 5.74) is 2.62. The highest BCUT2D eigenvalue weighted by Gasteiger charge is 2.34. The Balaban J connectivity index is 1.98. The van der Waals surface area contributed by atoms with Crippen LogP contribution in [-0.2, 0) is 19.5 Å². The molecular formula is C11H12F3N3. The van der Waals surface area contributed by atoms with Gasteiger partial charge in [0.25, 0.3) is 0 Å². The molecule has 0 aromatic carbocycles. The molecule has 1 aliphatic carbocycles. The van der Waals surface area contributed by atoms with E-state index in [1.807, 2.05) is 0 Å². The summed E-state index contributed by atoms with van der Waals surface area (Å²) < 4.78 is 37.0. The van der Waals surface area contributed by atoms with Gasteiger partial charge in [-0.05, 0) is 12.8 Å². The Hall–Kier alpha value is -1.17. The summed E-state index contributed by atoms with van der Waals surface area (Å²) in [5.74, 6) is 0.278. The first-order chi connectivity index (χ1) is 8.03. The van der Waals surface area contributed by atoms with Crippen LogP contribution in [0.3, 0.4) is 0 Å². The van der Waals surface area contributed by atoms with Crippen molar-refractivity contribution in [3.63, 3.8) is 0 Å². The van der Waals surface area contributed by atoms with E-state index < -0.39 is 12.6 Å². The van der Waals surface area contributed by atoms with Crippen molar-refractivity contribution in [3.8, 4) is 0 Å². The van der Waals surface area contributed by atoms with Crippen molar-refractivity contribution < 1.29 is 13.2 Å². The minimum atomic E-state index is -4.24. The molecule has 1 saturated carbocycles. The van der Waals surface area contributed by atoms with E-state index in [1.165, 1.54) is 0 Å². The summed E-state index contributed by atoms with van der Waals surface area (Å²) in [6, 6.07) is 0. The average Bonchev–Trinajstić information content (AvgIpc) is 2.94. The molecule has 0 spiro atoms. The third kappa shape index (κ3) is 2.26. The molecule has 1 aliphatic heterocycles. The van der Waals surface area contributed by atoms with Crippen LogP contribution in [0.1, 0.15) is 41.5 Å². The lowest BCUT2D eigenvalue weighted by Gasteiger charge is -2.10. The van der Waals surface area contributed by atoms with Crippen LogP contribution in [0.5, 0.6) is 0 Å². The molecule has 1 aromatic heterocycles. The third-order valence-electron chi connectivity index (χ3n) is 3.09. The minimum absolute atomic E-state index is 0.0816. The lowest BCUT2D eigenvalue weighted by Crippen LogP contribution is -2.16. The van der Waals surface area contributed by atoms with E-state index in [0.717, 1.165) is 29.8 Å². The Kier molecular flexibility index (Phi) is 2.36. The van der Waals surface area contributed by atoms with Crippen molar-refractivity contribution in [1.82, 2.24) is 15.3 Å². The van der Waals surface area contributed by atoms with Crippen LogP contribution in [0.2, 0.25) is 0 Å². The summed E-state index contributed by atoms with van der Waals surface area (Å²) in [6.45, 7) is 1.25. The highest BCUT2D eigenvalue weighted by Crippen LogP contribution is 2.42. The van der Waals surface area contributed by atoms with Crippen molar-refractivity contribution in [3.05, 3.63) is 22.8 Å². The van der Waals surface area contributed by atoms with Gasteiger partial charge in [0.15, 0.2) is 0 Å². The fourth-order valence-electron chi connectivity index (χ4n) is 2.20. The van der Waals surface area contributed by atoms with E-state index in [9.17, 15) is 13.2 Å². The lowest BCUT2D eigenvalue weighted by atomic mass is 10.1. The minimum Gasteiger partial charge on any atom is -0.307 e. The second kappa shape index (κ2) is 3.66. The number of fused-ring (bicyclic) bond motifs is 1. The summed E-state index contributed by atoms with van der Waals surface area (Å²) >= 11 is 0. The molecule has 0 saturated heterocycles. The maximum atomic E-state index is 12.3. The standard InChI is InChI=1S/C11H12F3N3/c12-11(13,14)3-9-16-8-5-15-4-7(8)10(17-9)6-1-2-6/h6,15H,1-5H2. The second-order valence-corrected chi connectivity index (χ2v) is 4.62. The van der Waals surface area contributed by atoms with Crippen molar-refractivity contribution in [2.24, 2.45) is 0 Å². The van der Waals surface area contributed by atoms with Crippen LogP contribution in [0.25, 0.3) is 0 Å². The van der Waals surface area contributed by atoms with Gasteiger partial charge in [-0.3, -0.25) is 0 Å². The molecule has 3 nitrogen and oxygen atoms in total. The van der Waals surface area contributed by atoms with Gasteiger partial charge in [0, 0.05) is 24.6 Å². The Morgan fingerprint density at radius 2 is 1.94 bits per heavy atom. The number of rotatable bonds is 2. The fraction of sp³-hybridized carbons (Fsp3) is 0.636. The van der Waals surface area contributed by atoms with Crippen molar-refractivity contribution in [2.45, 2.75) is 44.4 Å². The van der Waals surface area contributed by atoms with Gasteiger partial charge in [0.05, 0.1) is 11.4 Å². The number of halogens is 3. The first-order valence-electron chi connectivity index (χ1n) is 5.69. The van der Waals surface area contributed by atoms with Gasteiger partial charge in [-0.2, -0.15) is 13.2 Å². The molecule has 1 fully saturated rings. The number of nitrogens with one attached hydrogen (secondary N) is 1. The van der Waals surface area contributed by atoms with Crippen LogP contribution >= 0.6 is 0 Å². The highest BCUT2D eigenvalue weighted by atomic mass is 19.4. The second-order valence-electron chi connectivity index (χ2n) is 4.62. The molecule has 3 rings (SSSR count). The zero-order valence-corrected chi connectivity index (χ0v) is 9.14. The van der Waals surface area contributed by atoms with Crippen LogP contribution in [0, 0.1) is 0 Å². The van der Waals surface area contributed by atoms with Crippen molar-refractivity contribution in [2.75, 3.05) is 0 Å². The molecule has 6 heteroatoms. The van der Waals surface area contributed by atoms with Gasteiger partial charge >= 0.3 is 6.18 Å². The molecule has 17 heavy (non-hydrogen) atoms. The fourth-order valence-corrected chi connectivity index (χ4v) is 2.20. The molecule has 0 radical (unpaired) electrons. The quantitative estimate of drug-likeness (QED) is 0.864. The molecule has 0 bridgehead atoms. The van der Waals surface area contributed by atoms with E-state index in [0.29, 0.717) is 19.0 Å². The van der Waals surface area contributed by atoms with E-state index in [-0.39, 0.29) is 5.82 Å². The third-order valence-corrected chi connectivity index (χ3v) is 3.09. The largest absolute Gasteiger partial charge is 0.396 e. The Bertz CT molecular complexity index is 452. The Morgan fingerprint density at radius 1 is 1.18 bits per heavy atom. The molecule has 0 amide bonds. The van der Waals surface area contributed by atoms with Crippen molar-refractivity contribution >= 4 is 0 Å². The highest BCUT2D eigenvalue weighted by molar-refractivity contribution is 5.33. The Labute approximate surface area is 96.5 Å². The summed E-state index contributed by atoms with van der Waals surface area (Å²) in [7, 11) is 0. The smallest absolute Gasteiger partial charge is 0.307 e. The number of alkyl halides is 3. The number of hydrogen-bond donors (Lipinski definition) is 1. The zero-order valence-electron chi connectivity index (χ0n) is 9.14. The van der Waals surface area contributed by atoms with Gasteiger partial charge in [-0.25, -0.2) is 9.97 Å². The van der Waals surface area contributed by atoms with Gasteiger partial charge in [0.2, 0.25) is 0 Å². The van der Waals surface area contributed by atoms with Crippen LogP contribution in [0.4, 0.5) is 13.2 Å². The van der Waals surface area contributed by atoms with Gasteiger partial charge in [-0.15, -0.1) is 0 Å². The molecule has 2 heterocycles. The maximum absolute atomic E-state index is 12.3. The van der Waals surface area contributed by atoms with Gasteiger partial charge < -0.3 is 5.32 Å². The predicted octanol–water partition coefficient (Wildman–Crippen LogP) is 2.06. The monoisotopic (exact) mass is 243 g/mol. The first kappa shape index (κ1) is 11.0.